The highest BCUT2D eigenvalue weighted by atomic mass is 32.2. The van der Waals surface area contributed by atoms with Crippen LogP contribution in [0.15, 0.2) is 113 Å². The number of nitrogens with zero attached hydrogens (tertiary/aromatic N) is 2. The second-order valence-corrected chi connectivity index (χ2v) is 9.63. The fourth-order valence-electron chi connectivity index (χ4n) is 4.90. The van der Waals surface area contributed by atoms with Crippen LogP contribution in [0, 0.1) is 6.92 Å². The summed E-state index contributed by atoms with van der Waals surface area (Å²) in [5, 5.41) is 2.52. The molecule has 0 bridgehead atoms. The molecule has 1 aliphatic rings. The van der Waals surface area contributed by atoms with Crippen molar-refractivity contribution in [3.63, 3.8) is 0 Å². The van der Waals surface area contributed by atoms with Crippen molar-refractivity contribution in [1.29, 1.82) is 0 Å². The van der Waals surface area contributed by atoms with Gasteiger partial charge in [-0.3, -0.25) is 4.57 Å². The smallest absolute Gasteiger partial charge is 0.111 e. The fraction of sp³-hybridized carbons (Fsp3) is 0.0333. The predicted molar refractivity (Wildman–Crippen MR) is 138 cm³/mol. The molecule has 1 aliphatic heterocycles. The number of imidazole rings is 1. The van der Waals surface area contributed by atoms with Crippen molar-refractivity contribution < 1.29 is 0 Å². The molecule has 0 radical (unpaired) electrons. The number of hydrogen-bond acceptors (Lipinski definition) is 2. The van der Waals surface area contributed by atoms with E-state index in [1.807, 2.05) is 11.8 Å². The second-order valence-electron chi connectivity index (χ2n) is 8.55. The number of para-hydroxylation sites is 1. The average molecular weight is 441 g/mol. The number of benzene rings is 5. The van der Waals surface area contributed by atoms with Gasteiger partial charge in [-0.1, -0.05) is 78.5 Å². The van der Waals surface area contributed by atoms with E-state index < -0.39 is 0 Å². The Labute approximate surface area is 196 Å². The summed E-state index contributed by atoms with van der Waals surface area (Å²) in [5.74, 6) is 1.03. The Morgan fingerprint density at radius 2 is 1.30 bits per heavy atom. The molecule has 6 aromatic rings. The van der Waals surface area contributed by atoms with Crippen molar-refractivity contribution in [2.75, 3.05) is 0 Å². The molecule has 0 fully saturated rings. The minimum absolute atomic E-state index is 1.03. The van der Waals surface area contributed by atoms with E-state index in [0.29, 0.717) is 0 Å². The van der Waals surface area contributed by atoms with E-state index in [2.05, 4.69) is 115 Å². The van der Waals surface area contributed by atoms with Crippen molar-refractivity contribution in [1.82, 2.24) is 9.55 Å². The molecule has 0 unspecified atom stereocenters. The molecular weight excluding hydrogens is 420 g/mol. The Kier molecular flexibility index (Phi) is 4.02. The van der Waals surface area contributed by atoms with Crippen molar-refractivity contribution in [2.45, 2.75) is 16.7 Å². The van der Waals surface area contributed by atoms with E-state index in [0.717, 1.165) is 11.3 Å². The number of aromatic nitrogens is 2. The van der Waals surface area contributed by atoms with E-state index >= 15 is 0 Å². The molecule has 2 heterocycles. The molecule has 2 nitrogen and oxygen atoms in total. The van der Waals surface area contributed by atoms with Crippen LogP contribution in [-0.2, 0) is 0 Å². The molecule has 0 spiro atoms. The monoisotopic (exact) mass is 440 g/mol. The topological polar surface area (TPSA) is 17.8 Å². The third-order valence-electron chi connectivity index (χ3n) is 6.51. The molecular formula is C30H20N2S. The average Bonchev–Trinajstić information content (AvgIpc) is 3.21. The van der Waals surface area contributed by atoms with Crippen molar-refractivity contribution >= 4 is 33.6 Å². The molecule has 0 saturated carbocycles. The SMILES string of the molecule is Cc1nc2cccc3c2n1-c1ccc(-c2ccc4cc(-c5ccccc5)ccc4c2)cc1S3. The molecule has 0 atom stereocenters. The first-order chi connectivity index (χ1) is 16.2. The Balaban J connectivity index is 1.31. The quantitative estimate of drug-likeness (QED) is 0.269. The molecule has 0 N–H and O–H groups in total. The summed E-state index contributed by atoms with van der Waals surface area (Å²) in [6.07, 6.45) is 0. The van der Waals surface area contributed by atoms with E-state index in [9.17, 15) is 0 Å². The normalized spacial score (nSPS) is 12.3. The lowest BCUT2D eigenvalue weighted by molar-refractivity contribution is 0.963. The van der Waals surface area contributed by atoms with Crippen molar-refractivity contribution in [3.8, 4) is 27.9 Å². The first-order valence-electron chi connectivity index (χ1n) is 11.1. The van der Waals surface area contributed by atoms with Crippen LogP contribution in [0.4, 0.5) is 0 Å². The zero-order valence-electron chi connectivity index (χ0n) is 18.1. The van der Waals surface area contributed by atoms with Crippen LogP contribution < -0.4 is 0 Å². The van der Waals surface area contributed by atoms with Gasteiger partial charge in [0.15, 0.2) is 0 Å². The van der Waals surface area contributed by atoms with Crippen LogP contribution in [0.25, 0.3) is 49.7 Å². The van der Waals surface area contributed by atoms with E-state index in [1.54, 1.807) is 0 Å². The second kappa shape index (κ2) is 7.09. The lowest BCUT2D eigenvalue weighted by Gasteiger charge is -2.20. The van der Waals surface area contributed by atoms with Crippen LogP contribution in [0.2, 0.25) is 0 Å². The van der Waals surface area contributed by atoms with Gasteiger partial charge in [-0.25, -0.2) is 4.98 Å². The van der Waals surface area contributed by atoms with Gasteiger partial charge in [0.25, 0.3) is 0 Å². The lowest BCUT2D eigenvalue weighted by atomic mass is 9.97. The minimum atomic E-state index is 1.03. The Morgan fingerprint density at radius 3 is 2.09 bits per heavy atom. The summed E-state index contributed by atoms with van der Waals surface area (Å²) in [6, 6.07) is 37.2. The Hall–Kier alpha value is -3.82. The third kappa shape index (κ3) is 2.93. The first kappa shape index (κ1) is 18.7. The van der Waals surface area contributed by atoms with Gasteiger partial charge < -0.3 is 0 Å². The molecule has 7 rings (SSSR count). The minimum Gasteiger partial charge on any atom is -0.294 e. The van der Waals surface area contributed by atoms with Crippen LogP contribution in [0.1, 0.15) is 5.82 Å². The van der Waals surface area contributed by atoms with Crippen LogP contribution in [-0.4, -0.2) is 9.55 Å². The van der Waals surface area contributed by atoms with Gasteiger partial charge in [-0.2, -0.15) is 0 Å². The summed E-state index contributed by atoms with van der Waals surface area (Å²) in [5.41, 5.74) is 8.49. The first-order valence-corrected chi connectivity index (χ1v) is 12.0. The van der Waals surface area contributed by atoms with Gasteiger partial charge in [-0.15, -0.1) is 0 Å². The van der Waals surface area contributed by atoms with Gasteiger partial charge in [0.05, 0.1) is 16.7 Å². The van der Waals surface area contributed by atoms with E-state index in [-0.39, 0.29) is 0 Å². The highest BCUT2D eigenvalue weighted by Gasteiger charge is 2.22. The molecule has 5 aromatic carbocycles. The van der Waals surface area contributed by atoms with E-state index in [1.165, 1.54) is 54.0 Å². The molecule has 3 heteroatoms. The van der Waals surface area contributed by atoms with Gasteiger partial charge >= 0.3 is 0 Å². The van der Waals surface area contributed by atoms with Crippen LogP contribution in [0.3, 0.4) is 0 Å². The lowest BCUT2D eigenvalue weighted by Crippen LogP contribution is -2.03. The van der Waals surface area contributed by atoms with Gasteiger partial charge in [0, 0.05) is 9.79 Å². The Bertz CT molecular complexity index is 1700. The van der Waals surface area contributed by atoms with Crippen molar-refractivity contribution in [2.24, 2.45) is 0 Å². The zero-order chi connectivity index (χ0) is 21.9. The zero-order valence-corrected chi connectivity index (χ0v) is 18.9. The predicted octanol–water partition coefficient (Wildman–Crippen LogP) is 8.29. The fourth-order valence-corrected chi connectivity index (χ4v) is 6.03. The molecule has 0 amide bonds. The molecule has 0 aliphatic carbocycles. The summed E-state index contributed by atoms with van der Waals surface area (Å²) in [4.78, 5) is 7.32. The number of hydrogen-bond donors (Lipinski definition) is 0. The van der Waals surface area contributed by atoms with Crippen molar-refractivity contribution in [3.05, 3.63) is 109 Å². The summed E-state index contributed by atoms with van der Waals surface area (Å²) in [6.45, 7) is 2.09. The van der Waals surface area contributed by atoms with Crippen LogP contribution >= 0.6 is 11.8 Å². The van der Waals surface area contributed by atoms with E-state index in [4.69, 9.17) is 4.98 Å². The maximum atomic E-state index is 4.78. The summed E-state index contributed by atoms with van der Waals surface area (Å²) < 4.78 is 2.30. The van der Waals surface area contributed by atoms with Gasteiger partial charge in [-0.05, 0) is 76.3 Å². The standard InChI is InChI=1S/C30H20N2S/c1-19-31-26-8-5-9-28-30(26)32(19)27-15-14-25(18-29(27)33-28)24-13-12-22-16-21(10-11-23(22)17-24)20-6-3-2-4-7-20/h2-18H,1H3. The molecule has 156 valence electrons. The maximum absolute atomic E-state index is 4.78. The molecule has 0 saturated heterocycles. The highest BCUT2D eigenvalue weighted by Crippen LogP contribution is 2.44. The summed E-state index contributed by atoms with van der Waals surface area (Å²) >= 11 is 1.84. The molecule has 1 aromatic heterocycles. The Morgan fingerprint density at radius 1 is 0.606 bits per heavy atom. The van der Waals surface area contributed by atoms with Gasteiger partial charge in [0.1, 0.15) is 5.82 Å². The summed E-state index contributed by atoms with van der Waals surface area (Å²) in [7, 11) is 0. The third-order valence-corrected chi connectivity index (χ3v) is 7.60. The number of aryl methyl sites for hydroxylation is 1. The highest BCUT2D eigenvalue weighted by molar-refractivity contribution is 7.99. The maximum Gasteiger partial charge on any atom is 0.111 e. The number of fused-ring (bicyclic) bond motifs is 3. The van der Waals surface area contributed by atoms with Gasteiger partial charge in [0.2, 0.25) is 0 Å². The number of rotatable bonds is 2. The molecule has 33 heavy (non-hydrogen) atoms. The van der Waals surface area contributed by atoms with Crippen LogP contribution in [0.5, 0.6) is 0 Å². The largest absolute Gasteiger partial charge is 0.294 e.